The number of thioether (sulfide) groups is 1. The smallest absolute Gasteiger partial charge is 0.308 e. The fraction of sp³-hybridized carbons (Fsp3) is 0.118. The standard InChI is InChI=1S/C17H13Cl2FN4OS2/c18-11-2-1-10(14(19)7-11)8-26-9-15-23-24-17(27-15)22-16(25)21-13-5-3-12(20)4-6-13/h1-7H,8-9H2,(H2,21,22,24,25). The highest BCUT2D eigenvalue weighted by Crippen LogP contribution is 2.27. The molecule has 27 heavy (non-hydrogen) atoms. The Labute approximate surface area is 173 Å². The molecule has 140 valence electrons. The molecule has 0 saturated carbocycles. The minimum absolute atomic E-state index is 0.368. The SMILES string of the molecule is O=C(Nc1ccc(F)cc1)Nc1nnc(CSCc2ccc(Cl)cc2Cl)s1. The minimum Gasteiger partial charge on any atom is -0.308 e. The van der Waals surface area contributed by atoms with Gasteiger partial charge in [-0.1, -0.05) is 40.6 Å². The van der Waals surface area contributed by atoms with E-state index in [1.807, 2.05) is 6.07 Å². The summed E-state index contributed by atoms with van der Waals surface area (Å²) in [5.41, 5.74) is 1.47. The number of benzene rings is 2. The van der Waals surface area contributed by atoms with Gasteiger partial charge in [0.15, 0.2) is 0 Å². The number of rotatable bonds is 6. The van der Waals surface area contributed by atoms with E-state index in [1.54, 1.807) is 23.9 Å². The average molecular weight is 443 g/mol. The van der Waals surface area contributed by atoms with Crippen LogP contribution in [0.3, 0.4) is 0 Å². The highest BCUT2D eigenvalue weighted by atomic mass is 35.5. The van der Waals surface area contributed by atoms with E-state index < -0.39 is 6.03 Å². The third-order valence-electron chi connectivity index (χ3n) is 3.29. The van der Waals surface area contributed by atoms with Crippen LogP contribution in [-0.4, -0.2) is 16.2 Å². The molecule has 5 nitrogen and oxygen atoms in total. The van der Waals surface area contributed by atoms with Gasteiger partial charge in [-0.25, -0.2) is 9.18 Å². The molecule has 2 N–H and O–H groups in total. The highest BCUT2D eigenvalue weighted by molar-refractivity contribution is 7.97. The molecule has 0 atom stereocenters. The van der Waals surface area contributed by atoms with Crippen molar-refractivity contribution >= 4 is 63.2 Å². The van der Waals surface area contributed by atoms with Crippen molar-refractivity contribution in [2.75, 3.05) is 10.6 Å². The van der Waals surface area contributed by atoms with E-state index in [2.05, 4.69) is 20.8 Å². The number of hydrogen-bond donors (Lipinski definition) is 2. The molecule has 1 aromatic heterocycles. The van der Waals surface area contributed by atoms with E-state index in [0.29, 0.717) is 32.4 Å². The highest BCUT2D eigenvalue weighted by Gasteiger charge is 2.09. The van der Waals surface area contributed by atoms with Crippen molar-refractivity contribution in [3.05, 3.63) is 68.9 Å². The number of nitrogens with one attached hydrogen (secondary N) is 2. The zero-order chi connectivity index (χ0) is 19.2. The molecule has 1 heterocycles. The predicted molar refractivity (Wildman–Crippen MR) is 110 cm³/mol. The van der Waals surface area contributed by atoms with Crippen LogP contribution in [0.25, 0.3) is 0 Å². The van der Waals surface area contributed by atoms with Gasteiger partial charge in [0.25, 0.3) is 0 Å². The normalized spacial score (nSPS) is 10.6. The first kappa shape index (κ1) is 19.9. The van der Waals surface area contributed by atoms with Crippen LogP contribution < -0.4 is 10.6 Å². The van der Waals surface area contributed by atoms with Crippen LogP contribution in [0.1, 0.15) is 10.6 Å². The maximum absolute atomic E-state index is 12.9. The summed E-state index contributed by atoms with van der Waals surface area (Å²) in [5, 5.41) is 15.6. The number of hydrogen-bond acceptors (Lipinski definition) is 5. The zero-order valence-electron chi connectivity index (χ0n) is 13.7. The van der Waals surface area contributed by atoms with Crippen LogP contribution in [0, 0.1) is 5.82 Å². The van der Waals surface area contributed by atoms with Crippen LogP contribution in [0.2, 0.25) is 10.0 Å². The largest absolute Gasteiger partial charge is 0.325 e. The van der Waals surface area contributed by atoms with Crippen molar-refractivity contribution in [2.45, 2.75) is 11.5 Å². The fourth-order valence-electron chi connectivity index (χ4n) is 2.04. The van der Waals surface area contributed by atoms with E-state index in [0.717, 1.165) is 10.6 Å². The maximum atomic E-state index is 12.9. The molecule has 2 amide bonds. The summed E-state index contributed by atoms with van der Waals surface area (Å²) in [6.07, 6.45) is 0. The quantitative estimate of drug-likeness (QED) is 0.486. The van der Waals surface area contributed by atoms with Crippen LogP contribution in [0.4, 0.5) is 20.0 Å². The lowest BCUT2D eigenvalue weighted by atomic mass is 10.2. The predicted octanol–water partition coefficient (Wildman–Crippen LogP) is 6.06. The molecule has 0 fully saturated rings. The Hall–Kier alpha value is -1.87. The van der Waals surface area contributed by atoms with E-state index >= 15 is 0 Å². The Balaban J connectivity index is 1.47. The van der Waals surface area contributed by atoms with Gasteiger partial charge in [-0.15, -0.1) is 22.0 Å². The Kier molecular flexibility index (Phi) is 6.89. The first-order chi connectivity index (χ1) is 13.0. The Morgan fingerprint density at radius 3 is 2.59 bits per heavy atom. The average Bonchev–Trinajstić information content (AvgIpc) is 3.06. The number of carbonyl (C=O) groups excluding carboxylic acids is 1. The molecule has 0 bridgehead atoms. The number of nitrogens with zero attached hydrogens (tertiary/aromatic N) is 2. The summed E-state index contributed by atoms with van der Waals surface area (Å²) in [6.45, 7) is 0. The Bertz CT molecular complexity index is 937. The number of urea groups is 1. The van der Waals surface area contributed by atoms with Crippen LogP contribution in [-0.2, 0) is 11.5 Å². The van der Waals surface area contributed by atoms with E-state index in [4.69, 9.17) is 23.2 Å². The molecule has 0 spiro atoms. The molecule has 0 aliphatic rings. The molecule has 0 unspecified atom stereocenters. The third kappa shape index (κ3) is 6.07. The van der Waals surface area contributed by atoms with Gasteiger partial charge in [0.05, 0.1) is 0 Å². The van der Waals surface area contributed by atoms with Gasteiger partial charge in [0.1, 0.15) is 10.8 Å². The van der Waals surface area contributed by atoms with Crippen LogP contribution >= 0.6 is 46.3 Å². The van der Waals surface area contributed by atoms with Crippen LogP contribution in [0.5, 0.6) is 0 Å². The molecule has 0 aliphatic heterocycles. The summed E-state index contributed by atoms with van der Waals surface area (Å²) >= 11 is 15.0. The lowest BCUT2D eigenvalue weighted by Gasteiger charge is -2.04. The maximum Gasteiger partial charge on any atom is 0.325 e. The van der Waals surface area contributed by atoms with Gasteiger partial charge in [-0.2, -0.15) is 0 Å². The van der Waals surface area contributed by atoms with Crippen molar-refractivity contribution in [1.29, 1.82) is 0 Å². The summed E-state index contributed by atoms with van der Waals surface area (Å²) in [7, 11) is 0. The molecule has 3 aromatic rings. The van der Waals surface area contributed by atoms with Gasteiger partial charge in [-0.3, -0.25) is 5.32 Å². The minimum atomic E-state index is -0.468. The Morgan fingerprint density at radius 2 is 1.85 bits per heavy atom. The number of anilines is 2. The van der Waals surface area contributed by atoms with E-state index in [9.17, 15) is 9.18 Å². The lowest BCUT2D eigenvalue weighted by Crippen LogP contribution is -2.19. The molecule has 0 radical (unpaired) electrons. The number of halogens is 3. The molecule has 3 rings (SSSR count). The second-order valence-corrected chi connectivity index (χ2v) is 8.21. The molecular weight excluding hydrogens is 430 g/mol. The fourth-order valence-corrected chi connectivity index (χ4v) is 4.42. The first-order valence-corrected chi connectivity index (χ1v) is 10.4. The van der Waals surface area contributed by atoms with E-state index in [1.165, 1.54) is 35.6 Å². The molecule has 0 aliphatic carbocycles. The van der Waals surface area contributed by atoms with Gasteiger partial charge < -0.3 is 5.32 Å². The Morgan fingerprint density at radius 1 is 1.07 bits per heavy atom. The summed E-state index contributed by atoms with van der Waals surface area (Å²) in [5.74, 6) is 0.980. The van der Waals surface area contributed by atoms with Gasteiger partial charge in [0, 0.05) is 27.2 Å². The summed E-state index contributed by atoms with van der Waals surface area (Å²) in [4.78, 5) is 11.9. The van der Waals surface area contributed by atoms with Crippen molar-refractivity contribution < 1.29 is 9.18 Å². The number of amides is 2. The molecular formula is C17H13Cl2FN4OS2. The lowest BCUT2D eigenvalue weighted by molar-refractivity contribution is 0.262. The van der Waals surface area contributed by atoms with Crippen molar-refractivity contribution in [3.63, 3.8) is 0 Å². The van der Waals surface area contributed by atoms with Gasteiger partial charge in [0.2, 0.25) is 5.13 Å². The second kappa shape index (κ2) is 9.36. The second-order valence-electron chi connectivity index (χ2n) is 5.32. The number of carbonyl (C=O) groups is 1. The van der Waals surface area contributed by atoms with Crippen LogP contribution in [0.15, 0.2) is 42.5 Å². The third-order valence-corrected chi connectivity index (χ3v) is 5.89. The topological polar surface area (TPSA) is 66.9 Å². The van der Waals surface area contributed by atoms with Gasteiger partial charge in [-0.05, 0) is 42.0 Å². The summed E-state index contributed by atoms with van der Waals surface area (Å²) in [6, 6.07) is 10.4. The molecule has 2 aromatic carbocycles. The van der Waals surface area contributed by atoms with Crippen molar-refractivity contribution in [2.24, 2.45) is 0 Å². The molecule has 10 heteroatoms. The van der Waals surface area contributed by atoms with Crippen molar-refractivity contribution in [1.82, 2.24) is 10.2 Å². The first-order valence-electron chi connectivity index (χ1n) is 7.67. The molecule has 0 saturated heterocycles. The monoisotopic (exact) mass is 442 g/mol. The number of aromatic nitrogens is 2. The van der Waals surface area contributed by atoms with Crippen molar-refractivity contribution in [3.8, 4) is 0 Å². The van der Waals surface area contributed by atoms with E-state index in [-0.39, 0.29) is 5.82 Å². The summed E-state index contributed by atoms with van der Waals surface area (Å²) < 4.78 is 12.9. The van der Waals surface area contributed by atoms with Gasteiger partial charge >= 0.3 is 6.03 Å². The zero-order valence-corrected chi connectivity index (χ0v) is 16.9.